The second-order valence-electron chi connectivity index (χ2n) is 2.82. The zero-order valence-corrected chi connectivity index (χ0v) is 7.16. The highest BCUT2D eigenvalue weighted by atomic mass is 15.1. The molecule has 2 N–H and O–H groups in total. The molecular weight excluding hydrogens is 148 g/mol. The zero-order chi connectivity index (χ0) is 8.81. The molecule has 0 saturated carbocycles. The minimum absolute atomic E-state index is 0.850. The van der Waals surface area contributed by atoms with Crippen molar-refractivity contribution in [3.63, 3.8) is 0 Å². The minimum Gasteiger partial charge on any atom is -0.399 e. The first-order chi connectivity index (χ1) is 5.83. The van der Waals surface area contributed by atoms with Crippen LogP contribution >= 0.6 is 0 Å². The van der Waals surface area contributed by atoms with Gasteiger partial charge in [-0.1, -0.05) is 0 Å². The SMILES string of the molecule is C#CCCCN1C=CC(N)=CC1. The third-order valence-electron chi connectivity index (χ3n) is 1.81. The van der Waals surface area contributed by atoms with Crippen molar-refractivity contribution in [1.82, 2.24) is 4.90 Å². The lowest BCUT2D eigenvalue weighted by molar-refractivity contribution is 0.404. The van der Waals surface area contributed by atoms with Crippen molar-refractivity contribution in [2.24, 2.45) is 5.73 Å². The number of hydrogen-bond donors (Lipinski definition) is 1. The molecule has 0 atom stereocenters. The molecule has 2 nitrogen and oxygen atoms in total. The molecule has 0 aromatic carbocycles. The summed E-state index contributed by atoms with van der Waals surface area (Å²) in [5.74, 6) is 2.63. The maximum Gasteiger partial charge on any atom is 0.0376 e. The summed E-state index contributed by atoms with van der Waals surface area (Å²) in [5.41, 5.74) is 6.42. The first-order valence-corrected chi connectivity index (χ1v) is 4.14. The molecule has 1 rings (SSSR count). The van der Waals surface area contributed by atoms with Gasteiger partial charge in [-0.2, -0.15) is 0 Å². The van der Waals surface area contributed by atoms with Crippen LogP contribution in [-0.2, 0) is 0 Å². The van der Waals surface area contributed by atoms with E-state index in [2.05, 4.69) is 10.8 Å². The van der Waals surface area contributed by atoms with Gasteiger partial charge in [0.05, 0.1) is 0 Å². The summed E-state index contributed by atoms with van der Waals surface area (Å²) in [6, 6.07) is 0. The summed E-state index contributed by atoms with van der Waals surface area (Å²) < 4.78 is 0. The van der Waals surface area contributed by atoms with E-state index < -0.39 is 0 Å². The topological polar surface area (TPSA) is 29.3 Å². The highest BCUT2D eigenvalue weighted by Gasteiger charge is 2.00. The Balaban J connectivity index is 2.21. The van der Waals surface area contributed by atoms with E-state index in [1.807, 2.05) is 18.4 Å². The summed E-state index contributed by atoms with van der Waals surface area (Å²) in [5, 5.41) is 0. The van der Waals surface area contributed by atoms with Gasteiger partial charge >= 0.3 is 0 Å². The molecule has 0 aromatic rings. The molecule has 0 aromatic heterocycles. The molecule has 0 fully saturated rings. The highest BCUT2D eigenvalue weighted by Crippen LogP contribution is 2.03. The Bertz CT molecular complexity index is 233. The maximum atomic E-state index is 5.57. The van der Waals surface area contributed by atoms with Crippen LogP contribution in [0.25, 0.3) is 0 Å². The van der Waals surface area contributed by atoms with Gasteiger partial charge in [-0.3, -0.25) is 0 Å². The van der Waals surface area contributed by atoms with E-state index in [1.165, 1.54) is 0 Å². The predicted octanol–water partition coefficient (Wildman–Crippen LogP) is 1.07. The lowest BCUT2D eigenvalue weighted by Crippen LogP contribution is -2.22. The molecule has 0 aliphatic carbocycles. The zero-order valence-electron chi connectivity index (χ0n) is 7.16. The predicted molar refractivity (Wildman–Crippen MR) is 51.1 cm³/mol. The van der Waals surface area contributed by atoms with Crippen LogP contribution in [0.5, 0.6) is 0 Å². The Morgan fingerprint density at radius 2 is 2.50 bits per heavy atom. The molecular formula is C10H14N2. The average molecular weight is 162 g/mol. The normalized spacial score (nSPS) is 15.6. The number of hydrogen-bond acceptors (Lipinski definition) is 2. The number of allylic oxidation sites excluding steroid dienone is 1. The van der Waals surface area contributed by atoms with Crippen molar-refractivity contribution in [2.75, 3.05) is 13.1 Å². The van der Waals surface area contributed by atoms with Gasteiger partial charge in [-0.25, -0.2) is 0 Å². The smallest absolute Gasteiger partial charge is 0.0376 e. The number of nitrogens with zero attached hydrogens (tertiary/aromatic N) is 1. The van der Waals surface area contributed by atoms with E-state index in [1.54, 1.807) is 0 Å². The fourth-order valence-electron chi connectivity index (χ4n) is 1.09. The van der Waals surface area contributed by atoms with Gasteiger partial charge in [-0.05, 0) is 18.6 Å². The molecule has 0 amide bonds. The van der Waals surface area contributed by atoms with Gasteiger partial charge in [0.15, 0.2) is 0 Å². The maximum absolute atomic E-state index is 5.57. The van der Waals surface area contributed by atoms with Crippen LogP contribution in [-0.4, -0.2) is 18.0 Å². The molecule has 1 heterocycles. The number of nitrogens with two attached hydrogens (primary N) is 1. The van der Waals surface area contributed by atoms with Gasteiger partial charge in [0, 0.05) is 31.4 Å². The van der Waals surface area contributed by atoms with Crippen molar-refractivity contribution in [3.05, 3.63) is 24.0 Å². The number of terminal acetylenes is 1. The van der Waals surface area contributed by atoms with Crippen molar-refractivity contribution < 1.29 is 0 Å². The van der Waals surface area contributed by atoms with Crippen molar-refractivity contribution in [1.29, 1.82) is 0 Å². The van der Waals surface area contributed by atoms with Gasteiger partial charge in [0.25, 0.3) is 0 Å². The first-order valence-electron chi connectivity index (χ1n) is 4.14. The lowest BCUT2D eigenvalue weighted by Gasteiger charge is -2.20. The van der Waals surface area contributed by atoms with Crippen LogP contribution in [0.4, 0.5) is 0 Å². The third kappa shape index (κ3) is 2.71. The van der Waals surface area contributed by atoms with Crippen LogP contribution in [0.2, 0.25) is 0 Å². The van der Waals surface area contributed by atoms with Crippen LogP contribution < -0.4 is 5.73 Å². The summed E-state index contributed by atoms with van der Waals surface area (Å²) in [4.78, 5) is 2.20. The van der Waals surface area contributed by atoms with E-state index >= 15 is 0 Å². The molecule has 0 saturated heterocycles. The Morgan fingerprint density at radius 3 is 3.08 bits per heavy atom. The fraction of sp³-hybridized carbons (Fsp3) is 0.400. The Kier molecular flexibility index (Phi) is 3.28. The first kappa shape index (κ1) is 8.73. The second-order valence-corrected chi connectivity index (χ2v) is 2.82. The van der Waals surface area contributed by atoms with E-state index in [0.29, 0.717) is 0 Å². The van der Waals surface area contributed by atoms with Crippen molar-refractivity contribution in [3.8, 4) is 12.3 Å². The Morgan fingerprint density at radius 1 is 1.67 bits per heavy atom. The van der Waals surface area contributed by atoms with Crippen LogP contribution in [0.1, 0.15) is 12.8 Å². The second kappa shape index (κ2) is 4.50. The van der Waals surface area contributed by atoms with Gasteiger partial charge in [0.1, 0.15) is 0 Å². The summed E-state index contributed by atoms with van der Waals surface area (Å²) in [6.45, 7) is 1.93. The van der Waals surface area contributed by atoms with Crippen molar-refractivity contribution in [2.45, 2.75) is 12.8 Å². The van der Waals surface area contributed by atoms with Gasteiger partial charge in [0.2, 0.25) is 0 Å². The monoisotopic (exact) mass is 162 g/mol. The lowest BCUT2D eigenvalue weighted by atomic mass is 10.2. The van der Waals surface area contributed by atoms with E-state index in [0.717, 1.165) is 31.6 Å². The Hall–Kier alpha value is -1.36. The van der Waals surface area contributed by atoms with Crippen molar-refractivity contribution >= 4 is 0 Å². The number of rotatable bonds is 3. The molecule has 64 valence electrons. The summed E-state index contributed by atoms with van der Waals surface area (Å²) >= 11 is 0. The van der Waals surface area contributed by atoms with Crippen LogP contribution in [0.15, 0.2) is 24.0 Å². The molecule has 0 bridgehead atoms. The molecule has 0 radical (unpaired) electrons. The minimum atomic E-state index is 0.850. The summed E-state index contributed by atoms with van der Waals surface area (Å²) in [7, 11) is 0. The Labute approximate surface area is 73.7 Å². The third-order valence-corrected chi connectivity index (χ3v) is 1.81. The molecule has 1 aliphatic heterocycles. The standard InChI is InChI=1S/C10H14N2/c1-2-3-4-7-12-8-5-10(11)6-9-12/h1,5-6,8H,3-4,7,9,11H2. The molecule has 0 spiro atoms. The molecule has 1 aliphatic rings. The largest absolute Gasteiger partial charge is 0.399 e. The van der Waals surface area contributed by atoms with Gasteiger partial charge < -0.3 is 10.6 Å². The van der Waals surface area contributed by atoms with Crippen LogP contribution in [0.3, 0.4) is 0 Å². The van der Waals surface area contributed by atoms with E-state index in [9.17, 15) is 0 Å². The quantitative estimate of drug-likeness (QED) is 0.497. The van der Waals surface area contributed by atoms with Gasteiger partial charge in [-0.15, -0.1) is 12.3 Å². The summed E-state index contributed by atoms with van der Waals surface area (Å²) in [6.07, 6.45) is 13.0. The molecule has 2 heteroatoms. The fourth-order valence-corrected chi connectivity index (χ4v) is 1.09. The average Bonchev–Trinajstić information content (AvgIpc) is 2.09. The number of unbranched alkanes of at least 4 members (excludes halogenated alkanes) is 1. The molecule has 0 unspecified atom stereocenters. The van der Waals surface area contributed by atoms with Crippen LogP contribution in [0, 0.1) is 12.3 Å². The van der Waals surface area contributed by atoms with E-state index in [4.69, 9.17) is 12.2 Å². The highest BCUT2D eigenvalue weighted by molar-refractivity contribution is 5.18. The van der Waals surface area contributed by atoms with E-state index in [-0.39, 0.29) is 0 Å². The molecule has 12 heavy (non-hydrogen) atoms.